The number of methoxy groups -OCH3 is 1. The van der Waals surface area contributed by atoms with Crippen LogP contribution in [0.2, 0.25) is 0 Å². The van der Waals surface area contributed by atoms with Crippen LogP contribution in [-0.2, 0) is 5.75 Å². The number of rotatable bonds is 6. The quantitative estimate of drug-likeness (QED) is 0.286. The summed E-state index contributed by atoms with van der Waals surface area (Å²) in [6.45, 7) is 2.00. The second-order valence-corrected chi connectivity index (χ2v) is 7.58. The van der Waals surface area contributed by atoms with E-state index in [1.54, 1.807) is 13.2 Å². The number of pyridine rings is 1. The van der Waals surface area contributed by atoms with Gasteiger partial charge in [0.1, 0.15) is 5.75 Å². The van der Waals surface area contributed by atoms with Crippen molar-refractivity contribution in [2.75, 3.05) is 7.11 Å². The molecule has 0 saturated heterocycles. The first kappa shape index (κ1) is 19.6. The standard InChI is InChI=1S/C20H17N5O4S/c1-11-7-18-22-23-20(24(18)17-9-14(29-2)5-6-15(11)17)30-10-13-4-3-12(19(21)26)8-16(13)25(27)28/h3-9H,10H2,1-2H3,(H2,21,26). The molecule has 1 amide bonds. The lowest BCUT2D eigenvalue weighted by Gasteiger charge is -2.09. The number of hydrogen-bond donors (Lipinski definition) is 1. The number of thioether (sulfide) groups is 1. The van der Waals surface area contributed by atoms with Crippen LogP contribution in [0.15, 0.2) is 47.6 Å². The summed E-state index contributed by atoms with van der Waals surface area (Å²) in [7, 11) is 1.60. The third-order valence-corrected chi connectivity index (χ3v) is 5.78. The van der Waals surface area contributed by atoms with Crippen molar-refractivity contribution in [3.05, 3.63) is 69.3 Å². The van der Waals surface area contributed by atoms with Crippen molar-refractivity contribution in [1.29, 1.82) is 0 Å². The van der Waals surface area contributed by atoms with E-state index in [2.05, 4.69) is 10.2 Å². The molecule has 0 radical (unpaired) electrons. The maximum absolute atomic E-state index is 11.5. The number of fused-ring (bicyclic) bond motifs is 3. The van der Waals surface area contributed by atoms with E-state index < -0.39 is 10.8 Å². The second-order valence-electron chi connectivity index (χ2n) is 6.64. The molecule has 30 heavy (non-hydrogen) atoms. The molecule has 2 N–H and O–H groups in total. The minimum Gasteiger partial charge on any atom is -0.497 e. The number of nitrogens with zero attached hydrogens (tertiary/aromatic N) is 4. The number of carbonyl (C=O) groups is 1. The summed E-state index contributed by atoms with van der Waals surface area (Å²) in [5.41, 5.74) is 8.25. The fourth-order valence-electron chi connectivity index (χ4n) is 3.27. The first-order valence-electron chi connectivity index (χ1n) is 8.91. The molecular formula is C20H17N5O4S. The van der Waals surface area contributed by atoms with Crippen molar-refractivity contribution in [3.8, 4) is 5.75 Å². The van der Waals surface area contributed by atoms with Crippen LogP contribution in [0, 0.1) is 17.0 Å². The van der Waals surface area contributed by atoms with Gasteiger partial charge in [-0.25, -0.2) is 0 Å². The fraction of sp³-hybridized carbons (Fsp3) is 0.150. The van der Waals surface area contributed by atoms with Crippen LogP contribution in [-0.4, -0.2) is 32.5 Å². The van der Waals surface area contributed by atoms with Gasteiger partial charge in [-0.05, 0) is 36.8 Å². The van der Waals surface area contributed by atoms with E-state index in [-0.39, 0.29) is 17.0 Å². The van der Waals surface area contributed by atoms with E-state index in [0.717, 1.165) is 16.5 Å². The van der Waals surface area contributed by atoms with E-state index in [1.165, 1.54) is 23.9 Å². The zero-order chi connectivity index (χ0) is 21.4. The summed E-state index contributed by atoms with van der Waals surface area (Å²) in [5, 5.41) is 21.6. The predicted octanol–water partition coefficient (Wildman–Crippen LogP) is 3.50. The number of hydrogen-bond acceptors (Lipinski definition) is 7. The number of carbonyl (C=O) groups excluding carboxylic acids is 1. The highest BCUT2D eigenvalue weighted by atomic mass is 32.2. The van der Waals surface area contributed by atoms with Gasteiger partial charge in [0, 0.05) is 34.4 Å². The van der Waals surface area contributed by atoms with Gasteiger partial charge in [0.2, 0.25) is 5.91 Å². The first-order valence-corrected chi connectivity index (χ1v) is 9.90. The van der Waals surface area contributed by atoms with Crippen LogP contribution < -0.4 is 10.5 Å². The lowest BCUT2D eigenvalue weighted by Crippen LogP contribution is -2.11. The molecule has 10 heteroatoms. The molecule has 4 rings (SSSR count). The average Bonchev–Trinajstić information content (AvgIpc) is 3.14. The summed E-state index contributed by atoms with van der Waals surface area (Å²) >= 11 is 1.32. The maximum atomic E-state index is 11.5. The van der Waals surface area contributed by atoms with Crippen molar-refractivity contribution in [2.24, 2.45) is 5.73 Å². The molecule has 9 nitrogen and oxygen atoms in total. The monoisotopic (exact) mass is 423 g/mol. The number of ether oxygens (including phenoxy) is 1. The molecule has 0 aliphatic heterocycles. The molecule has 0 unspecified atom stereocenters. The van der Waals surface area contributed by atoms with Crippen molar-refractivity contribution in [1.82, 2.24) is 14.6 Å². The minimum atomic E-state index is -0.712. The summed E-state index contributed by atoms with van der Waals surface area (Å²) in [5.74, 6) is 0.267. The third kappa shape index (κ3) is 3.41. The van der Waals surface area contributed by atoms with Gasteiger partial charge >= 0.3 is 0 Å². The lowest BCUT2D eigenvalue weighted by molar-refractivity contribution is -0.385. The molecule has 0 aliphatic rings. The summed E-state index contributed by atoms with van der Waals surface area (Å²) < 4.78 is 7.26. The van der Waals surface area contributed by atoms with Crippen molar-refractivity contribution < 1.29 is 14.5 Å². The van der Waals surface area contributed by atoms with E-state index in [9.17, 15) is 14.9 Å². The Morgan fingerprint density at radius 3 is 2.73 bits per heavy atom. The maximum Gasteiger partial charge on any atom is 0.274 e. The van der Waals surface area contributed by atoms with Gasteiger partial charge < -0.3 is 10.5 Å². The highest BCUT2D eigenvalue weighted by Gasteiger charge is 2.19. The Morgan fingerprint density at radius 2 is 2.03 bits per heavy atom. The minimum absolute atomic E-state index is 0.0944. The molecular weight excluding hydrogens is 406 g/mol. The fourth-order valence-corrected chi connectivity index (χ4v) is 4.22. The molecule has 0 fully saturated rings. The Hall–Kier alpha value is -3.66. The molecule has 4 aromatic rings. The van der Waals surface area contributed by atoms with Crippen LogP contribution in [0.3, 0.4) is 0 Å². The van der Waals surface area contributed by atoms with Gasteiger partial charge in [-0.2, -0.15) is 0 Å². The number of aryl methyl sites for hydroxylation is 1. The Balaban J connectivity index is 1.76. The zero-order valence-corrected chi connectivity index (χ0v) is 17.0. The van der Waals surface area contributed by atoms with Crippen LogP contribution in [0.5, 0.6) is 5.75 Å². The molecule has 0 atom stereocenters. The molecule has 0 bridgehead atoms. The predicted molar refractivity (Wildman–Crippen MR) is 113 cm³/mol. The normalized spacial score (nSPS) is 11.1. The number of nitro benzene ring substituents is 1. The topological polar surface area (TPSA) is 126 Å². The van der Waals surface area contributed by atoms with Gasteiger partial charge in [0.25, 0.3) is 5.69 Å². The number of aromatic nitrogens is 3. The Labute approximate surface area is 175 Å². The highest BCUT2D eigenvalue weighted by Crippen LogP contribution is 2.32. The number of nitro groups is 1. The van der Waals surface area contributed by atoms with Crippen LogP contribution in [0.4, 0.5) is 5.69 Å². The van der Waals surface area contributed by atoms with Gasteiger partial charge in [-0.3, -0.25) is 19.3 Å². The summed E-state index contributed by atoms with van der Waals surface area (Å²) in [4.78, 5) is 22.3. The van der Waals surface area contributed by atoms with Crippen LogP contribution >= 0.6 is 11.8 Å². The van der Waals surface area contributed by atoms with Crippen molar-refractivity contribution in [2.45, 2.75) is 17.8 Å². The highest BCUT2D eigenvalue weighted by molar-refractivity contribution is 7.98. The largest absolute Gasteiger partial charge is 0.497 e. The summed E-state index contributed by atoms with van der Waals surface area (Å²) in [6.07, 6.45) is 0. The molecule has 2 aromatic heterocycles. The van der Waals surface area contributed by atoms with E-state index in [1.807, 2.05) is 35.6 Å². The molecule has 152 valence electrons. The Bertz CT molecular complexity index is 1320. The number of benzene rings is 2. The molecule has 2 heterocycles. The Morgan fingerprint density at radius 1 is 1.23 bits per heavy atom. The third-order valence-electron chi connectivity index (χ3n) is 4.80. The van der Waals surface area contributed by atoms with Crippen LogP contribution in [0.25, 0.3) is 16.6 Å². The second kappa shape index (κ2) is 7.64. The lowest BCUT2D eigenvalue weighted by atomic mass is 10.1. The molecule has 0 spiro atoms. The average molecular weight is 423 g/mol. The first-order chi connectivity index (χ1) is 14.4. The Kier molecular flexibility index (Phi) is 5.00. The zero-order valence-electron chi connectivity index (χ0n) is 16.2. The molecule has 0 aliphatic carbocycles. The molecule has 2 aromatic carbocycles. The van der Waals surface area contributed by atoms with Crippen LogP contribution in [0.1, 0.15) is 21.5 Å². The number of amides is 1. The van der Waals surface area contributed by atoms with Crippen molar-refractivity contribution in [3.63, 3.8) is 0 Å². The van der Waals surface area contributed by atoms with Gasteiger partial charge in [0.15, 0.2) is 10.8 Å². The van der Waals surface area contributed by atoms with Gasteiger partial charge in [-0.1, -0.05) is 17.8 Å². The van der Waals surface area contributed by atoms with E-state index >= 15 is 0 Å². The molecule has 0 saturated carbocycles. The van der Waals surface area contributed by atoms with E-state index in [0.29, 0.717) is 22.1 Å². The summed E-state index contributed by atoms with van der Waals surface area (Å²) in [6, 6.07) is 11.9. The smallest absolute Gasteiger partial charge is 0.274 e. The number of primary amides is 1. The van der Waals surface area contributed by atoms with Gasteiger partial charge in [-0.15, -0.1) is 10.2 Å². The van der Waals surface area contributed by atoms with Gasteiger partial charge in [0.05, 0.1) is 17.5 Å². The van der Waals surface area contributed by atoms with E-state index in [4.69, 9.17) is 10.5 Å². The SMILES string of the molecule is COc1ccc2c(C)cc3nnc(SCc4ccc(C(N)=O)cc4[N+](=O)[O-])n3c2c1. The number of nitrogens with two attached hydrogens (primary N) is 1. The van der Waals surface area contributed by atoms with Crippen molar-refractivity contribution >= 4 is 39.9 Å².